The number of benzene rings is 1. The van der Waals surface area contributed by atoms with Crippen LogP contribution >= 0.6 is 7.60 Å². The molecule has 1 aromatic carbocycles. The molecule has 0 aromatic heterocycles. The number of esters is 1. The Labute approximate surface area is 385 Å². The fraction of sp³-hybridized carbons (Fsp3) is 0.843. The van der Waals surface area contributed by atoms with Gasteiger partial charge in [0.15, 0.2) is 11.5 Å². The summed E-state index contributed by atoms with van der Waals surface area (Å²) in [4.78, 5) is 43.0. The summed E-state index contributed by atoms with van der Waals surface area (Å²) in [5, 5.41) is 4.76. The second-order valence-corrected chi connectivity index (χ2v) is 19.3. The summed E-state index contributed by atoms with van der Waals surface area (Å²) in [6.07, 6.45) is 39.6. The smallest absolute Gasteiger partial charge is 0.344 e. The van der Waals surface area contributed by atoms with Gasteiger partial charge in [-0.3, -0.25) is 4.57 Å². The maximum Gasteiger partial charge on any atom is 0.344 e. The number of unbranched alkanes of at least 4 members (excludes halogenated alkanes) is 30. The molecule has 0 saturated carbocycles. The molecule has 4 N–H and O–H groups in total. The Kier molecular flexibility index (Phi) is 39.2. The number of amides is 2. The molecule has 0 aliphatic heterocycles. The van der Waals surface area contributed by atoms with Crippen LogP contribution in [-0.4, -0.2) is 61.0 Å². The topological polar surface area (TPSA) is 153 Å². The van der Waals surface area contributed by atoms with E-state index in [-0.39, 0.29) is 6.61 Å². The molecule has 11 nitrogen and oxygen atoms in total. The Balaban J connectivity index is 2.88. The van der Waals surface area contributed by atoms with Gasteiger partial charge in [-0.2, -0.15) is 0 Å². The van der Waals surface area contributed by atoms with Crippen LogP contribution in [0.3, 0.4) is 0 Å². The second-order valence-electron chi connectivity index (χ2n) is 17.7. The van der Waals surface area contributed by atoms with E-state index in [0.29, 0.717) is 62.0 Å². The van der Waals surface area contributed by atoms with E-state index in [9.17, 15) is 14.2 Å². The van der Waals surface area contributed by atoms with Crippen molar-refractivity contribution in [1.29, 1.82) is 0 Å². The monoisotopic (exact) mass is 911 g/mol. The predicted molar refractivity (Wildman–Crippen MR) is 261 cm³/mol. The van der Waals surface area contributed by atoms with Crippen LogP contribution in [0.5, 0.6) is 17.2 Å². The lowest BCUT2D eigenvalue weighted by Crippen LogP contribution is -2.36. The van der Waals surface area contributed by atoms with Crippen LogP contribution < -0.4 is 24.8 Å². The zero-order valence-electron chi connectivity index (χ0n) is 40.6. The van der Waals surface area contributed by atoms with Gasteiger partial charge < -0.3 is 39.4 Å². The number of hydrogen-bond acceptors (Lipinski definition) is 7. The zero-order valence-corrected chi connectivity index (χ0v) is 41.5. The fourth-order valence-corrected chi connectivity index (χ4v) is 7.98. The minimum atomic E-state index is -4.29. The molecule has 0 fully saturated rings. The SMILES string of the molecule is CCCCCCCCCCCCOc1cc(C(=O)OCCCCCCNC(=O)NCP(=O)(O)O)cc(OCCCCCCCCCCCC)c1OCCCCCCCCCCCC. The molecule has 0 radical (unpaired) electrons. The molecular weight excluding hydrogens is 816 g/mol. The highest BCUT2D eigenvalue weighted by Gasteiger charge is 2.20. The van der Waals surface area contributed by atoms with Gasteiger partial charge in [0.1, 0.15) is 6.29 Å². The van der Waals surface area contributed by atoms with Gasteiger partial charge in [0, 0.05) is 6.54 Å². The van der Waals surface area contributed by atoms with E-state index in [1.807, 2.05) is 0 Å². The maximum atomic E-state index is 13.5. The van der Waals surface area contributed by atoms with E-state index in [1.165, 1.54) is 154 Å². The minimum absolute atomic E-state index is 0.260. The highest BCUT2D eigenvalue weighted by Crippen LogP contribution is 2.40. The van der Waals surface area contributed by atoms with E-state index >= 15 is 0 Å². The van der Waals surface area contributed by atoms with Gasteiger partial charge in [0.25, 0.3) is 0 Å². The van der Waals surface area contributed by atoms with Crippen LogP contribution in [0.25, 0.3) is 0 Å². The van der Waals surface area contributed by atoms with Crippen LogP contribution in [0.4, 0.5) is 4.79 Å². The van der Waals surface area contributed by atoms with Crippen molar-refractivity contribution >= 4 is 19.6 Å². The van der Waals surface area contributed by atoms with Crippen molar-refractivity contribution in [3.8, 4) is 17.2 Å². The molecule has 63 heavy (non-hydrogen) atoms. The Morgan fingerprint density at radius 2 is 0.794 bits per heavy atom. The molecule has 0 spiro atoms. The van der Waals surface area contributed by atoms with Gasteiger partial charge in [0.05, 0.1) is 32.0 Å². The Morgan fingerprint density at radius 1 is 0.460 bits per heavy atom. The van der Waals surface area contributed by atoms with Crippen molar-refractivity contribution < 1.29 is 42.9 Å². The molecule has 0 aliphatic rings. The maximum absolute atomic E-state index is 13.5. The molecule has 1 aromatic rings. The molecule has 0 bridgehead atoms. The third-order valence-electron chi connectivity index (χ3n) is 11.5. The average molecular weight is 911 g/mol. The first kappa shape index (κ1) is 58.5. The molecule has 0 saturated heterocycles. The van der Waals surface area contributed by atoms with Crippen molar-refractivity contribution in [2.75, 3.05) is 39.3 Å². The van der Waals surface area contributed by atoms with Gasteiger partial charge in [-0.25, -0.2) is 9.59 Å². The van der Waals surface area contributed by atoms with Gasteiger partial charge >= 0.3 is 19.6 Å². The first-order valence-corrected chi connectivity index (χ1v) is 27.8. The van der Waals surface area contributed by atoms with Gasteiger partial charge in [-0.15, -0.1) is 0 Å². The normalized spacial score (nSPS) is 11.4. The van der Waals surface area contributed by atoms with Crippen molar-refractivity contribution in [3.63, 3.8) is 0 Å². The summed E-state index contributed by atoms with van der Waals surface area (Å²) >= 11 is 0. The van der Waals surface area contributed by atoms with Crippen molar-refractivity contribution in [2.45, 2.75) is 239 Å². The number of rotatable bonds is 46. The lowest BCUT2D eigenvalue weighted by atomic mass is 10.1. The molecule has 0 atom stereocenters. The Hall–Kier alpha value is -2.49. The number of ether oxygens (including phenoxy) is 4. The molecule has 0 aliphatic carbocycles. The Bertz CT molecular complexity index is 1230. The number of carbonyl (C=O) groups is 2. The number of hydrogen-bond donors (Lipinski definition) is 4. The largest absolute Gasteiger partial charge is 0.490 e. The Morgan fingerprint density at radius 3 is 1.17 bits per heavy atom. The highest BCUT2D eigenvalue weighted by atomic mass is 31.2. The van der Waals surface area contributed by atoms with E-state index < -0.39 is 25.9 Å². The lowest BCUT2D eigenvalue weighted by molar-refractivity contribution is 0.0496. The lowest BCUT2D eigenvalue weighted by Gasteiger charge is -2.19. The van der Waals surface area contributed by atoms with Crippen LogP contribution in [0.1, 0.15) is 249 Å². The third kappa shape index (κ3) is 36.4. The molecule has 2 amide bonds. The highest BCUT2D eigenvalue weighted by molar-refractivity contribution is 7.51. The fourth-order valence-electron chi connectivity index (χ4n) is 7.63. The predicted octanol–water partition coefficient (Wildman–Crippen LogP) is 14.7. The first-order valence-electron chi connectivity index (χ1n) is 26.0. The van der Waals surface area contributed by atoms with Gasteiger partial charge in [0.2, 0.25) is 5.75 Å². The number of carbonyl (C=O) groups excluding carboxylic acids is 2. The van der Waals surface area contributed by atoms with Crippen molar-refractivity contribution in [3.05, 3.63) is 17.7 Å². The van der Waals surface area contributed by atoms with Crippen LogP contribution in [-0.2, 0) is 9.30 Å². The summed E-state index contributed by atoms with van der Waals surface area (Å²) in [5.74, 6) is 1.25. The van der Waals surface area contributed by atoms with E-state index in [4.69, 9.17) is 28.7 Å². The zero-order chi connectivity index (χ0) is 45.9. The van der Waals surface area contributed by atoms with E-state index in [2.05, 4.69) is 31.4 Å². The number of urea groups is 1. The summed E-state index contributed by atoms with van der Waals surface area (Å²) < 4.78 is 36.1. The van der Waals surface area contributed by atoms with E-state index in [1.54, 1.807) is 12.1 Å². The van der Waals surface area contributed by atoms with Crippen molar-refractivity contribution in [1.82, 2.24) is 10.6 Å². The van der Waals surface area contributed by atoms with Crippen LogP contribution in [0.15, 0.2) is 12.1 Å². The van der Waals surface area contributed by atoms with Crippen LogP contribution in [0, 0.1) is 0 Å². The first-order chi connectivity index (χ1) is 30.7. The molecule has 0 unspecified atom stereocenters. The third-order valence-corrected chi connectivity index (χ3v) is 12.1. The molecular formula is C51H95N2O9P. The number of nitrogens with one attached hydrogen (secondary N) is 2. The quantitative estimate of drug-likeness (QED) is 0.0284. The van der Waals surface area contributed by atoms with Gasteiger partial charge in [-0.05, 0) is 50.7 Å². The molecule has 0 heterocycles. The summed E-state index contributed by atoms with van der Waals surface area (Å²) in [7, 11) is -4.29. The van der Waals surface area contributed by atoms with Crippen LogP contribution in [0.2, 0.25) is 0 Å². The molecule has 1 rings (SSSR count). The molecule has 12 heteroatoms. The second kappa shape index (κ2) is 42.2. The van der Waals surface area contributed by atoms with Crippen molar-refractivity contribution in [2.24, 2.45) is 0 Å². The summed E-state index contributed by atoms with van der Waals surface area (Å²) in [6.45, 7) is 9.07. The summed E-state index contributed by atoms with van der Waals surface area (Å²) in [5.41, 5.74) is 0.392. The minimum Gasteiger partial charge on any atom is -0.490 e. The standard InChI is InChI=1S/C51H95N2O9P/c1-4-7-10-13-16-19-22-25-29-34-39-59-47-43-46(50(54)62-42-37-32-28-33-38-52-51(55)53-45-63(56,57)58)44-48(60-40-35-30-26-23-20-17-14-11-8-5-2)49(47)61-41-36-31-27-24-21-18-15-12-9-6-3/h43-44H,4-42,45H2,1-3H3,(H2,52,53,55)(H2,56,57,58). The average Bonchev–Trinajstić information content (AvgIpc) is 3.26. The van der Waals surface area contributed by atoms with E-state index in [0.717, 1.165) is 51.4 Å². The summed E-state index contributed by atoms with van der Waals surface area (Å²) in [6, 6.07) is 2.92. The van der Waals surface area contributed by atoms with Gasteiger partial charge in [-0.1, -0.05) is 201 Å². The molecule has 368 valence electrons.